The first-order valence-electron chi connectivity index (χ1n) is 6.28. The molecular formula is C15H13BrN4. The maximum atomic E-state index is 4.23. The number of nitrogens with one attached hydrogen (secondary N) is 2. The van der Waals surface area contributed by atoms with Crippen LogP contribution >= 0.6 is 15.9 Å². The van der Waals surface area contributed by atoms with Crippen molar-refractivity contribution in [3.63, 3.8) is 0 Å². The van der Waals surface area contributed by atoms with Crippen LogP contribution in [0.5, 0.6) is 0 Å². The molecule has 0 aliphatic carbocycles. The topological polar surface area (TPSA) is 53.6 Å². The van der Waals surface area contributed by atoms with Gasteiger partial charge in [-0.05, 0) is 28.1 Å². The van der Waals surface area contributed by atoms with Crippen molar-refractivity contribution in [2.75, 3.05) is 5.32 Å². The molecule has 0 amide bonds. The lowest BCUT2D eigenvalue weighted by atomic mass is 10.1. The van der Waals surface area contributed by atoms with Crippen molar-refractivity contribution < 1.29 is 0 Å². The molecule has 2 aromatic carbocycles. The fourth-order valence-corrected chi connectivity index (χ4v) is 2.41. The zero-order chi connectivity index (χ0) is 13.8. The van der Waals surface area contributed by atoms with Gasteiger partial charge in [0, 0.05) is 15.7 Å². The third-order valence-corrected chi connectivity index (χ3v) is 3.68. The highest BCUT2D eigenvalue weighted by molar-refractivity contribution is 9.10. The number of nitrogens with zero attached hydrogens (tertiary/aromatic N) is 2. The molecule has 0 fully saturated rings. The van der Waals surface area contributed by atoms with E-state index in [1.807, 2.05) is 54.6 Å². The van der Waals surface area contributed by atoms with Gasteiger partial charge in [0.1, 0.15) is 11.4 Å². The number of rotatable bonds is 4. The predicted octanol–water partition coefficient (Wildman–Crippen LogP) is 3.85. The first kappa shape index (κ1) is 12.9. The molecule has 4 nitrogen and oxygen atoms in total. The van der Waals surface area contributed by atoms with Crippen molar-refractivity contribution in [3.8, 4) is 11.3 Å². The summed E-state index contributed by atoms with van der Waals surface area (Å²) in [4.78, 5) is 0. The molecule has 0 saturated carbocycles. The largest absolute Gasteiger partial charge is 0.378 e. The van der Waals surface area contributed by atoms with Crippen molar-refractivity contribution in [1.29, 1.82) is 0 Å². The number of halogens is 1. The summed E-state index contributed by atoms with van der Waals surface area (Å²) in [6, 6.07) is 18.0. The van der Waals surface area contributed by atoms with Crippen LogP contribution in [0, 0.1) is 0 Å². The summed E-state index contributed by atoms with van der Waals surface area (Å²) in [5, 5.41) is 14.5. The van der Waals surface area contributed by atoms with Gasteiger partial charge in [0.05, 0.1) is 6.54 Å². The molecule has 0 atom stereocenters. The molecule has 0 aliphatic heterocycles. The lowest BCUT2D eigenvalue weighted by molar-refractivity contribution is 0.911. The van der Waals surface area contributed by atoms with Gasteiger partial charge in [-0.2, -0.15) is 15.4 Å². The Morgan fingerprint density at radius 3 is 2.50 bits per heavy atom. The summed E-state index contributed by atoms with van der Waals surface area (Å²) in [5.41, 5.74) is 3.87. The zero-order valence-electron chi connectivity index (χ0n) is 10.7. The second kappa shape index (κ2) is 5.88. The fourth-order valence-electron chi connectivity index (χ4n) is 1.99. The van der Waals surface area contributed by atoms with E-state index in [2.05, 4.69) is 36.7 Å². The molecule has 0 saturated heterocycles. The molecule has 0 spiro atoms. The van der Waals surface area contributed by atoms with Crippen molar-refractivity contribution in [2.45, 2.75) is 6.54 Å². The van der Waals surface area contributed by atoms with E-state index in [1.165, 1.54) is 0 Å². The molecule has 20 heavy (non-hydrogen) atoms. The van der Waals surface area contributed by atoms with Gasteiger partial charge in [-0.3, -0.25) is 0 Å². The SMILES string of the molecule is Brc1ccccc1NCc1n[nH]nc1-c1ccccc1. The fraction of sp³-hybridized carbons (Fsp3) is 0.0667. The van der Waals surface area contributed by atoms with Crippen molar-refractivity contribution in [1.82, 2.24) is 15.4 Å². The van der Waals surface area contributed by atoms with Gasteiger partial charge in [0.25, 0.3) is 0 Å². The number of benzene rings is 2. The zero-order valence-corrected chi connectivity index (χ0v) is 12.3. The van der Waals surface area contributed by atoms with Crippen LogP contribution in [-0.4, -0.2) is 15.4 Å². The van der Waals surface area contributed by atoms with Crippen LogP contribution in [0.3, 0.4) is 0 Å². The third-order valence-electron chi connectivity index (χ3n) is 2.99. The Morgan fingerprint density at radius 1 is 0.950 bits per heavy atom. The summed E-state index contributed by atoms with van der Waals surface area (Å²) in [6.07, 6.45) is 0. The average Bonchev–Trinajstić information content (AvgIpc) is 2.96. The Morgan fingerprint density at radius 2 is 1.70 bits per heavy atom. The number of hydrogen-bond donors (Lipinski definition) is 2. The Labute approximate surface area is 125 Å². The van der Waals surface area contributed by atoms with Crippen LogP contribution in [0.25, 0.3) is 11.3 Å². The molecule has 100 valence electrons. The molecule has 5 heteroatoms. The molecule has 0 aliphatic rings. The van der Waals surface area contributed by atoms with E-state index in [1.54, 1.807) is 0 Å². The maximum Gasteiger partial charge on any atom is 0.117 e. The molecule has 1 heterocycles. The second-order valence-electron chi connectivity index (χ2n) is 4.32. The van der Waals surface area contributed by atoms with E-state index in [9.17, 15) is 0 Å². The lowest BCUT2D eigenvalue weighted by Crippen LogP contribution is -2.02. The van der Waals surface area contributed by atoms with Gasteiger partial charge in [-0.15, -0.1) is 0 Å². The third kappa shape index (κ3) is 2.72. The van der Waals surface area contributed by atoms with Gasteiger partial charge in [-0.25, -0.2) is 0 Å². The molecule has 0 bridgehead atoms. The van der Waals surface area contributed by atoms with Crippen LogP contribution in [0.1, 0.15) is 5.69 Å². The lowest BCUT2D eigenvalue weighted by Gasteiger charge is -2.07. The highest BCUT2D eigenvalue weighted by atomic mass is 79.9. The van der Waals surface area contributed by atoms with Gasteiger partial charge < -0.3 is 5.32 Å². The van der Waals surface area contributed by atoms with Gasteiger partial charge in [-0.1, -0.05) is 42.5 Å². The Hall–Kier alpha value is -2.14. The van der Waals surface area contributed by atoms with Gasteiger partial charge >= 0.3 is 0 Å². The van der Waals surface area contributed by atoms with Gasteiger partial charge in [0.15, 0.2) is 0 Å². The number of aromatic nitrogens is 3. The predicted molar refractivity (Wildman–Crippen MR) is 83.3 cm³/mol. The number of H-pyrrole nitrogens is 1. The summed E-state index contributed by atoms with van der Waals surface area (Å²) in [6.45, 7) is 0.614. The minimum absolute atomic E-state index is 0.614. The molecular weight excluding hydrogens is 316 g/mol. The summed E-state index contributed by atoms with van der Waals surface area (Å²) >= 11 is 3.52. The Balaban J connectivity index is 1.80. The standard InChI is InChI=1S/C15H13BrN4/c16-12-8-4-5-9-13(12)17-10-14-15(19-20-18-14)11-6-2-1-3-7-11/h1-9,17H,10H2,(H,18,19,20). The smallest absolute Gasteiger partial charge is 0.117 e. The first-order chi connectivity index (χ1) is 9.84. The van der Waals surface area contributed by atoms with E-state index in [0.29, 0.717) is 6.54 Å². The molecule has 0 unspecified atom stereocenters. The highest BCUT2D eigenvalue weighted by Crippen LogP contribution is 2.23. The van der Waals surface area contributed by atoms with Crippen LogP contribution in [-0.2, 0) is 6.54 Å². The summed E-state index contributed by atoms with van der Waals surface area (Å²) in [5.74, 6) is 0. The van der Waals surface area contributed by atoms with Crippen LogP contribution in [0.15, 0.2) is 59.1 Å². The van der Waals surface area contributed by atoms with E-state index >= 15 is 0 Å². The number of aromatic amines is 1. The second-order valence-corrected chi connectivity index (χ2v) is 5.17. The number of hydrogen-bond acceptors (Lipinski definition) is 3. The van der Waals surface area contributed by atoms with E-state index in [0.717, 1.165) is 27.1 Å². The minimum atomic E-state index is 0.614. The first-order valence-corrected chi connectivity index (χ1v) is 7.07. The van der Waals surface area contributed by atoms with E-state index in [4.69, 9.17) is 0 Å². The summed E-state index contributed by atoms with van der Waals surface area (Å²) < 4.78 is 1.03. The molecule has 0 radical (unpaired) electrons. The Kier molecular flexibility index (Phi) is 3.78. The quantitative estimate of drug-likeness (QED) is 0.764. The Bertz CT molecular complexity index is 694. The number of para-hydroxylation sites is 1. The molecule has 3 rings (SSSR count). The van der Waals surface area contributed by atoms with E-state index in [-0.39, 0.29) is 0 Å². The molecule has 1 aromatic heterocycles. The average molecular weight is 329 g/mol. The molecule has 3 aromatic rings. The maximum absolute atomic E-state index is 4.23. The van der Waals surface area contributed by atoms with E-state index < -0.39 is 0 Å². The van der Waals surface area contributed by atoms with Crippen LogP contribution in [0.2, 0.25) is 0 Å². The monoisotopic (exact) mass is 328 g/mol. The van der Waals surface area contributed by atoms with Crippen LogP contribution < -0.4 is 5.32 Å². The minimum Gasteiger partial charge on any atom is -0.378 e. The van der Waals surface area contributed by atoms with Crippen LogP contribution in [0.4, 0.5) is 5.69 Å². The van der Waals surface area contributed by atoms with Crippen molar-refractivity contribution in [2.24, 2.45) is 0 Å². The molecule has 2 N–H and O–H groups in total. The number of anilines is 1. The summed E-state index contributed by atoms with van der Waals surface area (Å²) in [7, 11) is 0. The van der Waals surface area contributed by atoms with Crippen molar-refractivity contribution in [3.05, 3.63) is 64.8 Å². The van der Waals surface area contributed by atoms with Crippen molar-refractivity contribution >= 4 is 21.6 Å². The normalized spacial score (nSPS) is 10.4. The highest BCUT2D eigenvalue weighted by Gasteiger charge is 2.10. The van der Waals surface area contributed by atoms with Gasteiger partial charge in [0.2, 0.25) is 0 Å².